The fraction of sp³-hybridized carbons (Fsp3) is 0.240. The fourth-order valence-electron chi connectivity index (χ4n) is 3.19. The van der Waals surface area contributed by atoms with Crippen LogP contribution in [0.1, 0.15) is 12.0 Å². The maximum Gasteiger partial charge on any atom is 0.264 e. The molecule has 0 heterocycles. The van der Waals surface area contributed by atoms with Crippen molar-refractivity contribution in [3.63, 3.8) is 0 Å². The van der Waals surface area contributed by atoms with Crippen LogP contribution in [0.3, 0.4) is 0 Å². The van der Waals surface area contributed by atoms with Crippen molar-refractivity contribution < 1.29 is 17.9 Å². The number of aryl methyl sites for hydroxylation is 1. The van der Waals surface area contributed by atoms with E-state index in [0.29, 0.717) is 17.3 Å². The SMILES string of the molecule is COc1ccc(Cl)cc1N(CC(=O)NCCCSc1ccc(C)cc1)S(=O)(=O)c1ccccc1. The van der Waals surface area contributed by atoms with Crippen molar-refractivity contribution >= 4 is 45.0 Å². The van der Waals surface area contributed by atoms with Crippen LogP contribution in [0, 0.1) is 6.92 Å². The molecule has 3 aromatic carbocycles. The largest absolute Gasteiger partial charge is 0.495 e. The Morgan fingerprint density at radius 3 is 2.44 bits per heavy atom. The summed E-state index contributed by atoms with van der Waals surface area (Å²) in [4.78, 5) is 14.0. The van der Waals surface area contributed by atoms with Crippen LogP contribution in [0.4, 0.5) is 5.69 Å². The van der Waals surface area contributed by atoms with Crippen molar-refractivity contribution in [1.82, 2.24) is 5.32 Å². The highest BCUT2D eigenvalue weighted by Gasteiger charge is 2.29. The lowest BCUT2D eigenvalue weighted by Crippen LogP contribution is -2.41. The van der Waals surface area contributed by atoms with Gasteiger partial charge in [0.15, 0.2) is 0 Å². The van der Waals surface area contributed by atoms with Gasteiger partial charge in [0.25, 0.3) is 10.0 Å². The smallest absolute Gasteiger partial charge is 0.264 e. The average molecular weight is 519 g/mol. The lowest BCUT2D eigenvalue weighted by Gasteiger charge is -2.25. The molecule has 1 N–H and O–H groups in total. The molecule has 34 heavy (non-hydrogen) atoms. The van der Waals surface area contributed by atoms with Gasteiger partial charge in [0.2, 0.25) is 5.91 Å². The van der Waals surface area contributed by atoms with Crippen molar-refractivity contribution in [2.75, 3.05) is 30.3 Å². The minimum absolute atomic E-state index is 0.0688. The van der Waals surface area contributed by atoms with Crippen LogP contribution in [-0.4, -0.2) is 40.3 Å². The Kier molecular flexibility index (Phi) is 9.27. The van der Waals surface area contributed by atoms with E-state index < -0.39 is 22.5 Å². The van der Waals surface area contributed by atoms with Crippen molar-refractivity contribution in [2.45, 2.75) is 23.1 Å². The van der Waals surface area contributed by atoms with Gasteiger partial charge in [0, 0.05) is 16.5 Å². The molecule has 0 radical (unpaired) electrons. The zero-order chi connectivity index (χ0) is 24.6. The van der Waals surface area contributed by atoms with E-state index in [9.17, 15) is 13.2 Å². The molecule has 0 aromatic heterocycles. The van der Waals surface area contributed by atoms with Gasteiger partial charge in [0.1, 0.15) is 12.3 Å². The molecule has 0 fully saturated rings. The van der Waals surface area contributed by atoms with E-state index in [1.165, 1.54) is 35.8 Å². The minimum Gasteiger partial charge on any atom is -0.495 e. The number of rotatable bonds is 11. The molecular formula is C25H27ClN2O4S2. The molecule has 0 aliphatic heterocycles. The van der Waals surface area contributed by atoms with Gasteiger partial charge in [-0.1, -0.05) is 47.5 Å². The topological polar surface area (TPSA) is 75.7 Å². The van der Waals surface area contributed by atoms with Gasteiger partial charge in [-0.05, 0) is 61.6 Å². The number of anilines is 1. The number of hydrogen-bond donors (Lipinski definition) is 1. The molecule has 6 nitrogen and oxygen atoms in total. The first-order chi connectivity index (χ1) is 16.3. The summed E-state index contributed by atoms with van der Waals surface area (Å²) in [6.07, 6.45) is 0.746. The standard InChI is InChI=1S/C25H27ClN2O4S2/c1-19-9-12-21(13-10-19)33-16-6-15-27-25(29)18-28(23-17-20(26)11-14-24(23)32-2)34(30,31)22-7-4-3-5-8-22/h3-5,7-14,17H,6,15-16,18H2,1-2H3,(H,27,29). The molecule has 9 heteroatoms. The Morgan fingerprint density at radius 2 is 1.76 bits per heavy atom. The molecule has 0 spiro atoms. The third kappa shape index (κ3) is 6.91. The second-order valence-corrected chi connectivity index (χ2v) is 11.0. The molecule has 0 unspecified atom stereocenters. The van der Waals surface area contributed by atoms with E-state index in [2.05, 4.69) is 29.6 Å². The quantitative estimate of drug-likeness (QED) is 0.280. The van der Waals surface area contributed by atoms with Crippen LogP contribution < -0.4 is 14.4 Å². The summed E-state index contributed by atoms with van der Waals surface area (Å²) < 4.78 is 33.3. The summed E-state index contributed by atoms with van der Waals surface area (Å²) in [6.45, 7) is 2.08. The average Bonchev–Trinajstić information content (AvgIpc) is 2.84. The van der Waals surface area contributed by atoms with Crippen LogP contribution in [0.15, 0.2) is 82.6 Å². The summed E-state index contributed by atoms with van der Waals surface area (Å²) in [7, 11) is -2.61. The molecule has 1 amide bonds. The maximum atomic E-state index is 13.4. The lowest BCUT2D eigenvalue weighted by molar-refractivity contribution is -0.119. The predicted octanol–water partition coefficient (Wildman–Crippen LogP) is 5.15. The number of sulfonamides is 1. The van der Waals surface area contributed by atoms with E-state index >= 15 is 0 Å². The van der Waals surface area contributed by atoms with E-state index in [0.717, 1.165) is 16.5 Å². The van der Waals surface area contributed by atoms with Gasteiger partial charge < -0.3 is 10.1 Å². The molecule has 3 rings (SSSR count). The zero-order valence-electron chi connectivity index (χ0n) is 19.0. The van der Waals surface area contributed by atoms with Gasteiger partial charge in [-0.2, -0.15) is 0 Å². The monoisotopic (exact) mass is 518 g/mol. The third-order valence-electron chi connectivity index (χ3n) is 4.96. The number of benzene rings is 3. The Balaban J connectivity index is 1.70. The maximum absolute atomic E-state index is 13.4. The second kappa shape index (κ2) is 12.1. The number of carbonyl (C=O) groups excluding carboxylic acids is 1. The Labute approximate surface area is 210 Å². The van der Waals surface area contributed by atoms with Crippen LogP contribution in [0.5, 0.6) is 5.75 Å². The van der Waals surface area contributed by atoms with Crippen LogP contribution in [0.2, 0.25) is 5.02 Å². The Morgan fingerprint density at radius 1 is 1.06 bits per heavy atom. The number of methoxy groups -OCH3 is 1. The molecule has 0 atom stereocenters. The van der Waals surface area contributed by atoms with Gasteiger partial charge in [0.05, 0.1) is 17.7 Å². The lowest BCUT2D eigenvalue weighted by atomic mass is 10.2. The number of nitrogens with zero attached hydrogens (tertiary/aromatic N) is 1. The Hall–Kier alpha value is -2.68. The summed E-state index contributed by atoms with van der Waals surface area (Å²) in [5.74, 6) is 0.713. The number of ether oxygens (including phenoxy) is 1. The number of halogens is 1. The van der Waals surface area contributed by atoms with E-state index in [1.54, 1.807) is 42.1 Å². The van der Waals surface area contributed by atoms with E-state index in [4.69, 9.17) is 16.3 Å². The first kappa shape index (κ1) is 25.9. The highest BCUT2D eigenvalue weighted by molar-refractivity contribution is 7.99. The molecule has 0 bridgehead atoms. The van der Waals surface area contributed by atoms with Crippen LogP contribution in [0.25, 0.3) is 0 Å². The normalized spacial score (nSPS) is 11.1. The predicted molar refractivity (Wildman–Crippen MR) is 139 cm³/mol. The third-order valence-corrected chi connectivity index (χ3v) is 8.07. The van der Waals surface area contributed by atoms with Crippen molar-refractivity contribution in [3.05, 3.63) is 83.4 Å². The van der Waals surface area contributed by atoms with E-state index in [1.807, 2.05) is 6.92 Å². The number of hydrogen-bond acceptors (Lipinski definition) is 5. The highest BCUT2D eigenvalue weighted by Crippen LogP contribution is 2.34. The minimum atomic E-state index is -4.04. The zero-order valence-corrected chi connectivity index (χ0v) is 21.4. The molecule has 0 aliphatic carbocycles. The molecule has 0 aliphatic rings. The van der Waals surface area contributed by atoms with Gasteiger partial charge >= 0.3 is 0 Å². The number of amides is 1. The summed E-state index contributed by atoms with van der Waals surface area (Å²) >= 11 is 7.86. The van der Waals surface area contributed by atoms with Gasteiger partial charge in [-0.15, -0.1) is 11.8 Å². The summed E-state index contributed by atoms with van der Waals surface area (Å²) in [5, 5.41) is 3.15. The highest BCUT2D eigenvalue weighted by atomic mass is 35.5. The van der Waals surface area contributed by atoms with Crippen molar-refractivity contribution in [3.8, 4) is 5.75 Å². The van der Waals surface area contributed by atoms with E-state index in [-0.39, 0.29) is 10.6 Å². The van der Waals surface area contributed by atoms with Gasteiger partial charge in [-0.25, -0.2) is 8.42 Å². The summed E-state index contributed by atoms with van der Waals surface area (Å²) in [6, 6.07) is 20.9. The van der Waals surface area contributed by atoms with Crippen LogP contribution in [-0.2, 0) is 14.8 Å². The number of thioether (sulfide) groups is 1. The molecule has 180 valence electrons. The fourth-order valence-corrected chi connectivity index (χ4v) is 5.65. The van der Waals surface area contributed by atoms with Crippen molar-refractivity contribution in [1.29, 1.82) is 0 Å². The summed E-state index contributed by atoms with van der Waals surface area (Å²) in [5.41, 5.74) is 1.41. The second-order valence-electron chi connectivity index (χ2n) is 7.51. The first-order valence-electron chi connectivity index (χ1n) is 10.7. The number of carbonyl (C=O) groups is 1. The van der Waals surface area contributed by atoms with Gasteiger partial charge in [-0.3, -0.25) is 9.10 Å². The Bertz CT molecular complexity index is 1200. The van der Waals surface area contributed by atoms with Crippen molar-refractivity contribution in [2.24, 2.45) is 0 Å². The van der Waals surface area contributed by atoms with Crippen LogP contribution >= 0.6 is 23.4 Å². The molecule has 0 saturated heterocycles. The first-order valence-corrected chi connectivity index (χ1v) is 13.5. The molecule has 3 aromatic rings. The molecular weight excluding hydrogens is 492 g/mol. The number of nitrogens with one attached hydrogen (secondary N) is 1. The molecule has 0 saturated carbocycles.